The molecule has 1 atom stereocenters. The van der Waals surface area contributed by atoms with Gasteiger partial charge in [-0.1, -0.05) is 65.5 Å². The van der Waals surface area contributed by atoms with Crippen molar-refractivity contribution in [1.82, 2.24) is 30.5 Å². The van der Waals surface area contributed by atoms with E-state index in [2.05, 4.69) is 48.7 Å². The number of nitrogens with zero attached hydrogens (tertiary/aromatic N) is 4. The van der Waals surface area contributed by atoms with E-state index < -0.39 is 12.0 Å². The highest BCUT2D eigenvalue weighted by Crippen LogP contribution is 2.34. The smallest absolute Gasteiger partial charge is 0.355 e. The van der Waals surface area contributed by atoms with Crippen LogP contribution in [0.2, 0.25) is 5.02 Å². The number of fused-ring (bicyclic) bond motifs is 1. The lowest BCUT2D eigenvalue weighted by molar-refractivity contribution is 0.0518. The van der Waals surface area contributed by atoms with Crippen LogP contribution in [0.15, 0.2) is 71.2 Å². The van der Waals surface area contributed by atoms with Gasteiger partial charge in [-0.25, -0.2) is 4.79 Å². The van der Waals surface area contributed by atoms with E-state index in [1.807, 2.05) is 54.6 Å². The summed E-state index contributed by atoms with van der Waals surface area (Å²) in [5.41, 5.74) is 3.61. The summed E-state index contributed by atoms with van der Waals surface area (Å²) in [6.45, 7) is 5.35. The van der Waals surface area contributed by atoms with Crippen molar-refractivity contribution >= 4 is 44.4 Å². The molecule has 0 saturated carbocycles. The maximum atomic E-state index is 13.2. The number of ether oxygens (including phenoxy) is 2. The lowest BCUT2D eigenvalue weighted by Gasteiger charge is -2.20. The molecule has 3 aromatic carbocycles. The summed E-state index contributed by atoms with van der Waals surface area (Å²) in [7, 11) is 0. The summed E-state index contributed by atoms with van der Waals surface area (Å²) in [5, 5.41) is 17.8. The Balaban J connectivity index is 1.49. The third-order valence-electron chi connectivity index (χ3n) is 6.85. The molecule has 0 radical (unpaired) electrons. The normalized spacial score (nSPS) is 12.0. The average Bonchev–Trinajstić information content (AvgIpc) is 3.63. The summed E-state index contributed by atoms with van der Waals surface area (Å²) in [5.74, 6) is 0.812. The molecule has 0 amide bonds. The Bertz CT molecular complexity index is 1640. The number of tetrazole rings is 1. The lowest BCUT2D eigenvalue weighted by Crippen LogP contribution is -2.28. The maximum absolute atomic E-state index is 13.2. The monoisotopic (exact) mass is 650 g/mol. The Morgan fingerprint density at radius 3 is 2.60 bits per heavy atom. The molecule has 5 rings (SSSR count). The fraction of sp³-hybridized carbons (Fsp3) is 0.290. The minimum absolute atomic E-state index is 0.247. The van der Waals surface area contributed by atoms with Gasteiger partial charge in [0, 0.05) is 26.0 Å². The average molecular weight is 652 g/mol. The van der Waals surface area contributed by atoms with Crippen LogP contribution in [0.4, 0.5) is 0 Å². The van der Waals surface area contributed by atoms with E-state index in [-0.39, 0.29) is 6.61 Å². The summed E-state index contributed by atoms with van der Waals surface area (Å²) < 4.78 is 14.1. The standard InChI is InChI=1S/C31H32BrClN6O3/c1-3-5-6-17-34-28(27-25-16-11-22(33)18-26(25)35-29(27)31(40)41-4-2)30-36-37-38-39(30)23-12-14-24(15-13-23)42-19-20-7-9-21(32)10-8-20/h7-16,18,28,34-35H,3-6,17,19H2,1-2H3. The summed E-state index contributed by atoms with van der Waals surface area (Å²) in [6.07, 6.45) is 3.11. The number of H-pyrrole nitrogens is 1. The first-order valence-electron chi connectivity index (χ1n) is 14.0. The van der Waals surface area contributed by atoms with Crippen molar-refractivity contribution in [3.05, 3.63) is 98.9 Å². The molecule has 0 aliphatic carbocycles. The van der Waals surface area contributed by atoms with Crippen LogP contribution in [0.3, 0.4) is 0 Å². The van der Waals surface area contributed by atoms with E-state index in [1.165, 1.54) is 0 Å². The fourth-order valence-corrected chi connectivity index (χ4v) is 5.22. The van der Waals surface area contributed by atoms with Crippen molar-refractivity contribution in [2.75, 3.05) is 13.2 Å². The van der Waals surface area contributed by atoms with Gasteiger partial charge >= 0.3 is 5.97 Å². The number of rotatable bonds is 13. The largest absolute Gasteiger partial charge is 0.489 e. The third kappa shape index (κ3) is 6.83. The maximum Gasteiger partial charge on any atom is 0.355 e. The summed E-state index contributed by atoms with van der Waals surface area (Å²) in [4.78, 5) is 16.4. The Labute approximate surface area is 257 Å². The van der Waals surface area contributed by atoms with Gasteiger partial charge in [-0.3, -0.25) is 0 Å². The molecule has 1 unspecified atom stereocenters. The van der Waals surface area contributed by atoms with Gasteiger partial charge < -0.3 is 19.8 Å². The second-order valence-corrected chi connectivity index (χ2v) is 11.1. The summed E-state index contributed by atoms with van der Waals surface area (Å²) >= 11 is 9.76. The van der Waals surface area contributed by atoms with Gasteiger partial charge in [-0.05, 0) is 84.4 Å². The fourth-order valence-electron chi connectivity index (χ4n) is 4.79. The first-order valence-corrected chi connectivity index (χ1v) is 15.1. The highest BCUT2D eigenvalue weighted by Gasteiger charge is 2.30. The number of hydrogen-bond acceptors (Lipinski definition) is 7. The van der Waals surface area contributed by atoms with Crippen LogP contribution in [-0.2, 0) is 11.3 Å². The molecule has 0 aliphatic rings. The molecule has 42 heavy (non-hydrogen) atoms. The molecular weight excluding hydrogens is 620 g/mol. The molecule has 0 bridgehead atoms. The molecule has 9 nitrogen and oxygen atoms in total. The van der Waals surface area contributed by atoms with Gasteiger partial charge in [-0.15, -0.1) is 5.10 Å². The van der Waals surface area contributed by atoms with Crippen LogP contribution in [0.25, 0.3) is 16.6 Å². The van der Waals surface area contributed by atoms with Crippen molar-refractivity contribution in [2.45, 2.75) is 45.8 Å². The zero-order valence-electron chi connectivity index (χ0n) is 23.4. The Kier molecular flexibility index (Phi) is 9.89. The van der Waals surface area contributed by atoms with E-state index >= 15 is 0 Å². The van der Waals surface area contributed by atoms with E-state index in [1.54, 1.807) is 23.7 Å². The van der Waals surface area contributed by atoms with Crippen LogP contribution < -0.4 is 10.1 Å². The number of hydrogen-bond donors (Lipinski definition) is 2. The lowest BCUT2D eigenvalue weighted by atomic mass is 10.0. The van der Waals surface area contributed by atoms with Crippen molar-refractivity contribution in [3.8, 4) is 11.4 Å². The highest BCUT2D eigenvalue weighted by atomic mass is 79.9. The van der Waals surface area contributed by atoms with Gasteiger partial charge in [0.2, 0.25) is 0 Å². The Hall–Kier alpha value is -3.73. The number of carbonyl (C=O) groups excluding carboxylic acids is 1. The van der Waals surface area contributed by atoms with E-state index in [0.29, 0.717) is 35.3 Å². The minimum Gasteiger partial charge on any atom is -0.489 e. The number of aromatic amines is 1. The Morgan fingerprint density at radius 1 is 1.07 bits per heavy atom. The van der Waals surface area contributed by atoms with Crippen LogP contribution in [0, 0.1) is 0 Å². The number of aromatic nitrogens is 5. The number of nitrogens with one attached hydrogen (secondary N) is 2. The minimum atomic E-state index is -0.514. The molecule has 0 fully saturated rings. The first kappa shape index (κ1) is 29.8. The topological polar surface area (TPSA) is 107 Å². The van der Waals surface area contributed by atoms with Gasteiger partial charge in [0.15, 0.2) is 5.82 Å². The highest BCUT2D eigenvalue weighted by molar-refractivity contribution is 9.10. The van der Waals surface area contributed by atoms with Gasteiger partial charge in [0.25, 0.3) is 0 Å². The van der Waals surface area contributed by atoms with Crippen molar-refractivity contribution in [3.63, 3.8) is 0 Å². The van der Waals surface area contributed by atoms with Crippen LogP contribution in [0.5, 0.6) is 5.75 Å². The van der Waals surface area contributed by atoms with Crippen molar-refractivity contribution in [1.29, 1.82) is 0 Å². The van der Waals surface area contributed by atoms with Crippen LogP contribution in [-0.4, -0.2) is 44.3 Å². The second-order valence-electron chi connectivity index (χ2n) is 9.78. The zero-order valence-corrected chi connectivity index (χ0v) is 25.8. The molecule has 0 aliphatic heterocycles. The third-order valence-corrected chi connectivity index (χ3v) is 7.61. The number of halogens is 2. The van der Waals surface area contributed by atoms with Crippen molar-refractivity contribution in [2.24, 2.45) is 0 Å². The van der Waals surface area contributed by atoms with Gasteiger partial charge in [0.05, 0.1) is 18.3 Å². The number of unbranched alkanes of at least 4 members (excludes halogenated alkanes) is 2. The zero-order chi connectivity index (χ0) is 29.5. The molecule has 2 N–H and O–H groups in total. The van der Waals surface area contributed by atoms with Crippen molar-refractivity contribution < 1.29 is 14.3 Å². The van der Waals surface area contributed by atoms with E-state index in [9.17, 15) is 4.79 Å². The molecule has 11 heteroatoms. The Morgan fingerprint density at radius 2 is 1.86 bits per heavy atom. The van der Waals surface area contributed by atoms with E-state index in [4.69, 9.17) is 21.1 Å². The molecule has 5 aromatic rings. The SMILES string of the molecule is CCCCCNC(c1c(C(=O)OCC)[nH]c2cc(Cl)ccc12)c1nnnn1-c1ccc(OCc2ccc(Br)cc2)cc1. The molecule has 218 valence electrons. The van der Waals surface area contributed by atoms with Gasteiger partial charge in [-0.2, -0.15) is 4.68 Å². The van der Waals surface area contributed by atoms with E-state index in [0.717, 1.165) is 51.6 Å². The predicted molar refractivity (Wildman–Crippen MR) is 166 cm³/mol. The number of benzene rings is 3. The molecule has 0 spiro atoms. The molecule has 2 heterocycles. The molecule has 2 aromatic heterocycles. The predicted octanol–water partition coefficient (Wildman–Crippen LogP) is 7.18. The quantitative estimate of drug-likeness (QED) is 0.103. The van der Waals surface area contributed by atoms with Crippen LogP contribution in [0.1, 0.15) is 66.6 Å². The van der Waals surface area contributed by atoms with Gasteiger partial charge in [0.1, 0.15) is 18.1 Å². The second kappa shape index (κ2) is 14.0. The summed E-state index contributed by atoms with van der Waals surface area (Å²) in [6, 6.07) is 20.6. The first-order chi connectivity index (χ1) is 20.5. The molecule has 0 saturated heterocycles. The molecular formula is C31H32BrClN6O3. The van der Waals surface area contributed by atoms with Crippen LogP contribution >= 0.6 is 27.5 Å². The number of esters is 1. The number of carbonyl (C=O) groups is 1.